The molecule has 1 atom stereocenters. The monoisotopic (exact) mass is 520 g/mol. The molecule has 0 saturated heterocycles. The minimum atomic E-state index is -0.476. The fraction of sp³-hybridized carbons (Fsp3) is 0.467. The summed E-state index contributed by atoms with van der Waals surface area (Å²) in [6, 6.07) is 12.4. The predicted octanol–water partition coefficient (Wildman–Crippen LogP) is 6.14. The van der Waals surface area contributed by atoms with Gasteiger partial charge >= 0.3 is 12.0 Å². The highest BCUT2D eigenvalue weighted by molar-refractivity contribution is 5.91. The van der Waals surface area contributed by atoms with Crippen molar-refractivity contribution in [2.24, 2.45) is 0 Å². The molecule has 0 saturated carbocycles. The number of rotatable bonds is 12. The number of amides is 2. The lowest BCUT2D eigenvalue weighted by atomic mass is 10.1. The van der Waals surface area contributed by atoms with Crippen LogP contribution in [0.2, 0.25) is 0 Å². The molecule has 1 N–H and O–H groups in total. The van der Waals surface area contributed by atoms with E-state index < -0.39 is 6.04 Å². The van der Waals surface area contributed by atoms with Crippen LogP contribution >= 0.6 is 0 Å². The molecule has 0 radical (unpaired) electrons. The van der Waals surface area contributed by atoms with Gasteiger partial charge in [0.25, 0.3) is 5.56 Å². The van der Waals surface area contributed by atoms with E-state index in [2.05, 4.69) is 12.2 Å². The van der Waals surface area contributed by atoms with Crippen LogP contribution in [0, 0.1) is 13.8 Å². The normalized spacial score (nSPS) is 11.8. The third-order valence-corrected chi connectivity index (χ3v) is 6.95. The molecular formula is C30H40N4O4. The lowest BCUT2D eigenvalue weighted by Gasteiger charge is -2.31. The summed E-state index contributed by atoms with van der Waals surface area (Å²) < 4.78 is 6.39. The van der Waals surface area contributed by atoms with Gasteiger partial charge < -0.3 is 15.0 Å². The zero-order valence-corrected chi connectivity index (χ0v) is 23.3. The van der Waals surface area contributed by atoms with Crippen LogP contribution in [0.3, 0.4) is 0 Å². The summed E-state index contributed by atoms with van der Waals surface area (Å²) in [6.45, 7) is 8.84. The SMILES string of the molecule is CCCCCCN(C(=O)Nc1c(C)cccc1C)C(C)c1nc2ccccc2c(=O)n1CCCC(=O)OC. The molecular weight excluding hydrogens is 480 g/mol. The average molecular weight is 521 g/mol. The first-order valence-corrected chi connectivity index (χ1v) is 13.5. The van der Waals surface area contributed by atoms with Crippen LogP contribution in [-0.4, -0.2) is 40.1 Å². The Morgan fingerprint density at radius 3 is 2.42 bits per heavy atom. The van der Waals surface area contributed by atoms with Crippen molar-refractivity contribution in [1.82, 2.24) is 14.5 Å². The molecule has 204 valence electrons. The number of esters is 1. The molecule has 3 aromatic rings. The van der Waals surface area contributed by atoms with Crippen LogP contribution in [-0.2, 0) is 16.1 Å². The van der Waals surface area contributed by atoms with E-state index in [9.17, 15) is 14.4 Å². The van der Waals surface area contributed by atoms with Gasteiger partial charge in [-0.05, 0) is 56.9 Å². The van der Waals surface area contributed by atoms with Gasteiger partial charge in [-0.25, -0.2) is 9.78 Å². The van der Waals surface area contributed by atoms with Crippen LogP contribution < -0.4 is 10.9 Å². The van der Waals surface area contributed by atoms with E-state index >= 15 is 0 Å². The van der Waals surface area contributed by atoms with Crippen LogP contribution in [0.4, 0.5) is 10.5 Å². The fourth-order valence-electron chi connectivity index (χ4n) is 4.71. The Morgan fingerprint density at radius 1 is 1.03 bits per heavy atom. The van der Waals surface area contributed by atoms with Gasteiger partial charge in [0.15, 0.2) is 0 Å². The van der Waals surface area contributed by atoms with E-state index in [1.54, 1.807) is 15.5 Å². The van der Waals surface area contributed by atoms with Crippen molar-refractivity contribution in [3.05, 3.63) is 69.8 Å². The lowest BCUT2D eigenvalue weighted by molar-refractivity contribution is -0.140. The summed E-state index contributed by atoms with van der Waals surface area (Å²) in [5, 5.41) is 3.63. The summed E-state index contributed by atoms with van der Waals surface area (Å²) in [7, 11) is 1.35. The molecule has 0 spiro atoms. The molecule has 2 aromatic carbocycles. The van der Waals surface area contributed by atoms with Gasteiger partial charge in [0.1, 0.15) is 5.82 Å². The molecule has 0 aliphatic carbocycles. The number of urea groups is 1. The highest BCUT2D eigenvalue weighted by atomic mass is 16.5. The van der Waals surface area contributed by atoms with E-state index in [0.29, 0.717) is 36.2 Å². The maximum atomic E-state index is 13.7. The molecule has 2 amide bonds. The summed E-state index contributed by atoms with van der Waals surface area (Å²) in [4.78, 5) is 45.7. The van der Waals surface area contributed by atoms with Gasteiger partial charge in [-0.2, -0.15) is 0 Å². The van der Waals surface area contributed by atoms with Gasteiger partial charge in [-0.15, -0.1) is 0 Å². The predicted molar refractivity (Wildman–Crippen MR) is 151 cm³/mol. The molecule has 0 aliphatic rings. The van der Waals surface area contributed by atoms with Crippen molar-refractivity contribution in [1.29, 1.82) is 0 Å². The van der Waals surface area contributed by atoms with Gasteiger partial charge in [-0.3, -0.25) is 14.2 Å². The maximum absolute atomic E-state index is 13.7. The first-order valence-electron chi connectivity index (χ1n) is 13.5. The number of anilines is 1. The Kier molecular flexibility index (Phi) is 10.4. The number of hydrogen-bond acceptors (Lipinski definition) is 5. The van der Waals surface area contributed by atoms with E-state index in [-0.39, 0.29) is 24.0 Å². The summed E-state index contributed by atoms with van der Waals surface area (Å²) in [5.74, 6) is 0.178. The third-order valence-electron chi connectivity index (χ3n) is 6.95. The molecule has 1 aromatic heterocycles. The van der Waals surface area contributed by atoms with Crippen molar-refractivity contribution in [3.8, 4) is 0 Å². The average Bonchev–Trinajstić information content (AvgIpc) is 2.91. The van der Waals surface area contributed by atoms with Gasteiger partial charge in [0.2, 0.25) is 0 Å². The molecule has 8 nitrogen and oxygen atoms in total. The number of aryl methyl sites for hydroxylation is 2. The molecule has 1 heterocycles. The molecule has 38 heavy (non-hydrogen) atoms. The van der Waals surface area contributed by atoms with E-state index in [1.165, 1.54) is 7.11 Å². The Labute approximate surface area is 225 Å². The van der Waals surface area contributed by atoms with Crippen molar-refractivity contribution < 1.29 is 14.3 Å². The van der Waals surface area contributed by atoms with E-state index in [0.717, 1.165) is 42.5 Å². The number of carbonyl (C=O) groups excluding carboxylic acids is 2. The standard InChI is InChI=1S/C30H40N4O4/c1-6-7-8-11-19-33(30(37)32-27-21(2)14-12-15-22(27)3)23(4)28-31-25-17-10-9-16-24(25)29(36)34(28)20-13-18-26(35)38-5/h9-10,12,14-17,23H,6-8,11,13,18-20H2,1-5H3,(H,32,37). The highest BCUT2D eigenvalue weighted by Gasteiger charge is 2.27. The van der Waals surface area contributed by atoms with Crippen LogP contribution in [0.5, 0.6) is 0 Å². The molecule has 0 fully saturated rings. The van der Waals surface area contributed by atoms with Crippen LogP contribution in [0.1, 0.15) is 75.4 Å². The highest BCUT2D eigenvalue weighted by Crippen LogP contribution is 2.25. The minimum absolute atomic E-state index is 0.177. The Morgan fingerprint density at radius 2 is 1.74 bits per heavy atom. The largest absolute Gasteiger partial charge is 0.469 e. The number of hydrogen-bond donors (Lipinski definition) is 1. The maximum Gasteiger partial charge on any atom is 0.322 e. The van der Waals surface area contributed by atoms with Crippen LogP contribution in [0.15, 0.2) is 47.3 Å². The quantitative estimate of drug-likeness (QED) is 0.229. The summed E-state index contributed by atoms with van der Waals surface area (Å²) in [5.41, 5.74) is 3.18. The van der Waals surface area contributed by atoms with Crippen LogP contribution in [0.25, 0.3) is 10.9 Å². The number of carbonyl (C=O) groups is 2. The van der Waals surface area contributed by atoms with Crippen molar-refractivity contribution in [3.63, 3.8) is 0 Å². The van der Waals surface area contributed by atoms with Crippen molar-refractivity contribution in [2.75, 3.05) is 19.0 Å². The topological polar surface area (TPSA) is 93.5 Å². The number of ether oxygens (including phenoxy) is 1. The van der Waals surface area contributed by atoms with Crippen molar-refractivity contribution in [2.45, 2.75) is 78.8 Å². The number of para-hydroxylation sites is 2. The Balaban J connectivity index is 2.01. The first kappa shape index (κ1) is 28.9. The number of aromatic nitrogens is 2. The first-order chi connectivity index (χ1) is 18.3. The number of benzene rings is 2. The van der Waals surface area contributed by atoms with E-state index in [1.807, 2.05) is 57.2 Å². The third kappa shape index (κ3) is 7.00. The number of unbranched alkanes of at least 4 members (excludes halogenated alkanes) is 3. The molecule has 1 unspecified atom stereocenters. The molecule has 8 heteroatoms. The number of methoxy groups -OCH3 is 1. The Hall–Kier alpha value is -3.68. The number of fused-ring (bicyclic) bond motifs is 1. The number of nitrogens with one attached hydrogen (secondary N) is 1. The smallest absolute Gasteiger partial charge is 0.322 e. The number of nitrogens with zero attached hydrogens (tertiary/aromatic N) is 3. The van der Waals surface area contributed by atoms with Crippen molar-refractivity contribution >= 4 is 28.6 Å². The summed E-state index contributed by atoms with van der Waals surface area (Å²) >= 11 is 0. The minimum Gasteiger partial charge on any atom is -0.469 e. The zero-order chi connectivity index (χ0) is 27.7. The van der Waals surface area contributed by atoms with E-state index in [4.69, 9.17) is 9.72 Å². The second kappa shape index (κ2) is 13.7. The molecule has 0 aliphatic heterocycles. The van der Waals surface area contributed by atoms with Gasteiger partial charge in [0.05, 0.1) is 24.1 Å². The Bertz CT molecular complexity index is 1300. The second-order valence-electron chi connectivity index (χ2n) is 9.75. The lowest BCUT2D eigenvalue weighted by Crippen LogP contribution is -2.41. The fourth-order valence-corrected chi connectivity index (χ4v) is 4.71. The molecule has 0 bridgehead atoms. The van der Waals surface area contributed by atoms with Gasteiger partial charge in [0, 0.05) is 25.2 Å². The summed E-state index contributed by atoms with van der Waals surface area (Å²) in [6.07, 6.45) is 4.66. The molecule has 3 rings (SSSR count). The zero-order valence-electron chi connectivity index (χ0n) is 23.3. The van der Waals surface area contributed by atoms with Gasteiger partial charge in [-0.1, -0.05) is 56.5 Å². The second-order valence-corrected chi connectivity index (χ2v) is 9.75.